The maximum absolute atomic E-state index is 5.25. The minimum Gasteiger partial charge on any atom is -0.136 e. The predicted molar refractivity (Wildman–Crippen MR) is 74.8 cm³/mol. The van der Waals surface area contributed by atoms with E-state index >= 15 is 0 Å². The summed E-state index contributed by atoms with van der Waals surface area (Å²) in [6.07, 6.45) is 2.39. The molecule has 0 aliphatic rings. The summed E-state index contributed by atoms with van der Waals surface area (Å²) in [6.45, 7) is 4.46. The molecule has 0 aliphatic carbocycles. The van der Waals surface area contributed by atoms with Crippen LogP contribution in [0.2, 0.25) is 0 Å². The first-order chi connectivity index (χ1) is 7.16. The smallest absolute Gasteiger partial charge is 0.0525 e. The zero-order valence-corrected chi connectivity index (χ0v) is 11.0. The summed E-state index contributed by atoms with van der Waals surface area (Å²) in [5.41, 5.74) is 1.29. The van der Waals surface area contributed by atoms with Crippen molar-refractivity contribution in [2.75, 3.05) is 0 Å². The summed E-state index contributed by atoms with van der Waals surface area (Å²) in [6, 6.07) is 10.4. The maximum atomic E-state index is 5.25. The Kier molecular flexibility index (Phi) is 5.34. The number of hydrogen-bond donors (Lipinski definition) is 1. The summed E-state index contributed by atoms with van der Waals surface area (Å²) in [5.74, 6) is 0.881. The minimum atomic E-state index is 0.310. The van der Waals surface area contributed by atoms with Crippen molar-refractivity contribution in [3.05, 3.63) is 35.9 Å². The van der Waals surface area contributed by atoms with E-state index in [0.717, 1.165) is 4.20 Å². The predicted octanol–water partition coefficient (Wildman–Crippen LogP) is 4.46. The number of rotatable bonds is 5. The Bertz CT molecular complexity index is 306. The molecule has 0 aliphatic heterocycles. The molecule has 0 spiro atoms. The first-order valence-corrected chi connectivity index (χ1v) is 6.30. The third kappa shape index (κ3) is 3.62. The van der Waals surface area contributed by atoms with Crippen LogP contribution in [0.5, 0.6) is 0 Å². The van der Waals surface area contributed by atoms with Crippen LogP contribution in [0.4, 0.5) is 0 Å². The Morgan fingerprint density at radius 1 is 1.33 bits per heavy atom. The van der Waals surface area contributed by atoms with E-state index in [1.807, 2.05) is 6.07 Å². The van der Waals surface area contributed by atoms with Crippen LogP contribution in [0.1, 0.15) is 38.2 Å². The van der Waals surface area contributed by atoms with Crippen LogP contribution in [-0.2, 0) is 0 Å². The van der Waals surface area contributed by atoms with Crippen molar-refractivity contribution >= 4 is 29.0 Å². The third-order valence-corrected chi connectivity index (χ3v) is 3.27. The fraction of sp³-hybridized carbons (Fsp3) is 0.462. The van der Waals surface area contributed by atoms with Crippen LogP contribution in [0.25, 0.3) is 0 Å². The van der Waals surface area contributed by atoms with Crippen molar-refractivity contribution in [2.45, 2.75) is 32.6 Å². The fourth-order valence-corrected chi connectivity index (χ4v) is 2.77. The van der Waals surface area contributed by atoms with Crippen LogP contribution in [0, 0.1) is 5.92 Å². The molecule has 2 unspecified atom stereocenters. The molecule has 0 N–H and O–H groups in total. The van der Waals surface area contributed by atoms with E-state index in [1.54, 1.807) is 0 Å². The van der Waals surface area contributed by atoms with Gasteiger partial charge in [0.25, 0.3) is 0 Å². The maximum Gasteiger partial charge on any atom is 0.0525 e. The van der Waals surface area contributed by atoms with Gasteiger partial charge in [0.15, 0.2) is 0 Å². The van der Waals surface area contributed by atoms with Crippen LogP contribution < -0.4 is 0 Å². The molecule has 0 amide bonds. The molecule has 0 radical (unpaired) electrons. The molecular formula is C13H18S2. The van der Waals surface area contributed by atoms with E-state index in [1.165, 1.54) is 18.4 Å². The molecule has 82 valence electrons. The summed E-state index contributed by atoms with van der Waals surface area (Å²) < 4.78 is 0.808. The molecular weight excluding hydrogens is 220 g/mol. The van der Waals surface area contributed by atoms with E-state index in [0.29, 0.717) is 11.8 Å². The summed E-state index contributed by atoms with van der Waals surface area (Å²) in [7, 11) is 0. The van der Waals surface area contributed by atoms with E-state index in [4.69, 9.17) is 12.2 Å². The van der Waals surface area contributed by atoms with E-state index < -0.39 is 0 Å². The van der Waals surface area contributed by atoms with Crippen molar-refractivity contribution in [3.8, 4) is 0 Å². The second-order valence-electron chi connectivity index (χ2n) is 3.99. The average molecular weight is 238 g/mol. The molecule has 0 nitrogen and oxygen atoms in total. The highest BCUT2D eigenvalue weighted by atomic mass is 32.1. The van der Waals surface area contributed by atoms with E-state index in [9.17, 15) is 0 Å². The minimum absolute atomic E-state index is 0.310. The quantitative estimate of drug-likeness (QED) is 0.583. The monoisotopic (exact) mass is 238 g/mol. The van der Waals surface area contributed by atoms with Gasteiger partial charge in [-0.05, 0) is 11.5 Å². The normalized spacial score (nSPS) is 14.6. The van der Waals surface area contributed by atoms with Gasteiger partial charge in [-0.15, -0.1) is 12.6 Å². The lowest BCUT2D eigenvalue weighted by molar-refractivity contribution is 0.499. The lowest BCUT2D eigenvalue weighted by atomic mass is 9.86. The number of thiol groups is 1. The standard InChI is InChI=1S/C13H18S2/c1-3-7-10(2)12(13(14)15)11-8-5-4-6-9-11/h4-6,8-10,12H,3,7H2,1-2H3,(H,14,15). The number of thiocarbonyl (C=S) groups is 1. The lowest BCUT2D eigenvalue weighted by Gasteiger charge is -2.22. The SMILES string of the molecule is CCCC(C)C(C(=S)S)c1ccccc1. The first kappa shape index (κ1) is 12.7. The largest absolute Gasteiger partial charge is 0.136 e. The molecule has 1 aromatic rings. The van der Waals surface area contributed by atoms with Gasteiger partial charge in [0.2, 0.25) is 0 Å². The van der Waals surface area contributed by atoms with Gasteiger partial charge in [0.1, 0.15) is 0 Å². The molecule has 2 heteroatoms. The second-order valence-corrected chi connectivity index (χ2v) is 5.22. The number of benzene rings is 1. The Labute approximate surface area is 103 Å². The van der Waals surface area contributed by atoms with Gasteiger partial charge in [-0.3, -0.25) is 0 Å². The van der Waals surface area contributed by atoms with Gasteiger partial charge < -0.3 is 0 Å². The van der Waals surface area contributed by atoms with Crippen molar-refractivity contribution in [2.24, 2.45) is 5.92 Å². The van der Waals surface area contributed by atoms with Crippen LogP contribution in [0.3, 0.4) is 0 Å². The van der Waals surface area contributed by atoms with Crippen LogP contribution >= 0.6 is 24.8 Å². The molecule has 0 saturated heterocycles. The van der Waals surface area contributed by atoms with Gasteiger partial charge in [-0.2, -0.15) is 0 Å². The Hall–Kier alpha value is -0.340. The highest BCUT2D eigenvalue weighted by Gasteiger charge is 2.20. The summed E-state index contributed by atoms with van der Waals surface area (Å²) >= 11 is 9.62. The number of hydrogen-bond acceptors (Lipinski definition) is 1. The average Bonchev–Trinajstić information content (AvgIpc) is 2.19. The van der Waals surface area contributed by atoms with Crippen molar-refractivity contribution in [1.82, 2.24) is 0 Å². The second kappa shape index (κ2) is 6.29. The molecule has 1 rings (SSSR count). The topological polar surface area (TPSA) is 0 Å². The molecule has 0 heterocycles. The lowest BCUT2D eigenvalue weighted by Crippen LogP contribution is -2.14. The summed E-state index contributed by atoms with van der Waals surface area (Å²) in [5, 5.41) is 0. The van der Waals surface area contributed by atoms with E-state index in [-0.39, 0.29) is 0 Å². The van der Waals surface area contributed by atoms with Crippen molar-refractivity contribution in [1.29, 1.82) is 0 Å². The molecule has 2 atom stereocenters. The Balaban J connectivity index is 2.88. The first-order valence-electron chi connectivity index (χ1n) is 5.44. The van der Waals surface area contributed by atoms with Gasteiger partial charge in [0, 0.05) is 5.92 Å². The van der Waals surface area contributed by atoms with E-state index in [2.05, 4.69) is 50.7 Å². The molecule has 0 fully saturated rings. The van der Waals surface area contributed by atoms with Gasteiger partial charge in [0.05, 0.1) is 4.20 Å². The Morgan fingerprint density at radius 3 is 2.40 bits per heavy atom. The third-order valence-electron chi connectivity index (χ3n) is 2.74. The van der Waals surface area contributed by atoms with Crippen molar-refractivity contribution < 1.29 is 0 Å². The highest BCUT2D eigenvalue weighted by Crippen LogP contribution is 2.30. The van der Waals surface area contributed by atoms with Crippen LogP contribution in [-0.4, -0.2) is 4.20 Å². The van der Waals surface area contributed by atoms with Gasteiger partial charge >= 0.3 is 0 Å². The van der Waals surface area contributed by atoms with Crippen molar-refractivity contribution in [3.63, 3.8) is 0 Å². The summed E-state index contributed by atoms with van der Waals surface area (Å²) in [4.78, 5) is 0. The Morgan fingerprint density at radius 2 is 1.93 bits per heavy atom. The zero-order chi connectivity index (χ0) is 11.3. The van der Waals surface area contributed by atoms with Gasteiger partial charge in [-0.25, -0.2) is 0 Å². The van der Waals surface area contributed by atoms with Gasteiger partial charge in [-0.1, -0.05) is 69.2 Å². The molecule has 0 aromatic heterocycles. The molecule has 15 heavy (non-hydrogen) atoms. The fourth-order valence-electron chi connectivity index (χ4n) is 2.00. The van der Waals surface area contributed by atoms with Crippen LogP contribution in [0.15, 0.2) is 30.3 Å². The molecule has 1 aromatic carbocycles. The molecule has 0 bridgehead atoms. The zero-order valence-electron chi connectivity index (χ0n) is 9.31. The highest BCUT2D eigenvalue weighted by molar-refractivity contribution is 8.11. The molecule has 0 saturated carbocycles.